The summed E-state index contributed by atoms with van der Waals surface area (Å²) in [4.78, 5) is 37.4. The number of nitrogens with zero attached hydrogens (tertiary/aromatic N) is 1. The molecule has 3 amide bonds. The molecule has 3 rings (SSSR count). The molecule has 3 aliphatic rings. The average molecular weight is 280 g/mol. The maximum absolute atomic E-state index is 12.5. The van der Waals surface area contributed by atoms with Crippen LogP contribution in [0.1, 0.15) is 38.5 Å². The summed E-state index contributed by atoms with van der Waals surface area (Å²) in [6, 6.07) is 0. The van der Waals surface area contributed by atoms with E-state index in [0.29, 0.717) is 5.92 Å². The fraction of sp³-hybridized carbons (Fsp3) is 0.786. The minimum atomic E-state index is -0.715. The molecule has 0 aromatic heterocycles. The van der Waals surface area contributed by atoms with Gasteiger partial charge in [0, 0.05) is 11.8 Å². The standard InChI is InChI=1S/C14H20N2O4/c17-11(15-20)7-16-13(18)9-5-1-3-8-4-2-6-10(12(8)9)14(16)19/h8-10,12,20H,1-7H2,(H,15,17). The van der Waals surface area contributed by atoms with Crippen molar-refractivity contribution in [3.8, 4) is 0 Å². The second-order valence-electron chi connectivity index (χ2n) is 6.21. The third kappa shape index (κ3) is 2.02. The van der Waals surface area contributed by atoms with E-state index in [-0.39, 0.29) is 36.1 Å². The van der Waals surface area contributed by atoms with Crippen molar-refractivity contribution in [3.05, 3.63) is 0 Å². The Hall–Kier alpha value is -1.43. The number of carbonyl (C=O) groups is 3. The number of piperidine rings is 1. The van der Waals surface area contributed by atoms with Gasteiger partial charge in [0.05, 0.1) is 0 Å². The highest BCUT2D eigenvalue weighted by Gasteiger charge is 2.53. The highest BCUT2D eigenvalue weighted by Crippen LogP contribution is 2.50. The fourth-order valence-electron chi connectivity index (χ4n) is 4.47. The van der Waals surface area contributed by atoms with Crippen molar-refractivity contribution in [2.24, 2.45) is 23.7 Å². The SMILES string of the molecule is O=C(CN1C(=O)C2CCCC3CCCC(C1=O)C32)NO. The number of likely N-dealkylation sites (tertiary alicyclic amines) is 1. The molecule has 0 radical (unpaired) electrons. The van der Waals surface area contributed by atoms with Gasteiger partial charge < -0.3 is 0 Å². The van der Waals surface area contributed by atoms with Gasteiger partial charge in [0.15, 0.2) is 0 Å². The molecular formula is C14H20N2O4. The molecule has 0 aromatic carbocycles. The molecule has 1 saturated heterocycles. The van der Waals surface area contributed by atoms with Gasteiger partial charge in [0.1, 0.15) is 6.54 Å². The predicted octanol–water partition coefficient (Wildman–Crippen LogP) is 0.693. The molecule has 0 spiro atoms. The highest BCUT2D eigenvalue weighted by atomic mass is 16.5. The summed E-state index contributed by atoms with van der Waals surface area (Å²) in [5.41, 5.74) is 1.50. The second kappa shape index (κ2) is 5.16. The van der Waals surface area contributed by atoms with Gasteiger partial charge in [-0.2, -0.15) is 0 Å². The van der Waals surface area contributed by atoms with Crippen molar-refractivity contribution >= 4 is 17.7 Å². The van der Waals surface area contributed by atoms with Gasteiger partial charge in [-0.1, -0.05) is 25.7 Å². The Kier molecular flexibility index (Phi) is 3.50. The molecule has 1 aliphatic heterocycles. The van der Waals surface area contributed by atoms with Crippen molar-refractivity contribution in [3.63, 3.8) is 0 Å². The lowest BCUT2D eigenvalue weighted by Crippen LogP contribution is -2.59. The van der Waals surface area contributed by atoms with Crippen LogP contribution in [-0.2, 0) is 14.4 Å². The van der Waals surface area contributed by atoms with Gasteiger partial charge in [-0.15, -0.1) is 0 Å². The number of rotatable bonds is 2. The lowest BCUT2D eigenvalue weighted by atomic mass is 9.58. The summed E-state index contributed by atoms with van der Waals surface area (Å²) >= 11 is 0. The monoisotopic (exact) mass is 280 g/mol. The van der Waals surface area contributed by atoms with Crippen molar-refractivity contribution in [1.82, 2.24) is 10.4 Å². The van der Waals surface area contributed by atoms with Crippen LogP contribution in [0.25, 0.3) is 0 Å². The lowest BCUT2D eigenvalue weighted by molar-refractivity contribution is -0.168. The summed E-state index contributed by atoms with van der Waals surface area (Å²) in [5, 5.41) is 8.60. The van der Waals surface area contributed by atoms with Gasteiger partial charge in [-0.3, -0.25) is 24.5 Å². The predicted molar refractivity (Wildman–Crippen MR) is 68.3 cm³/mol. The Balaban J connectivity index is 1.87. The first-order valence-electron chi connectivity index (χ1n) is 7.41. The molecule has 0 bridgehead atoms. The van der Waals surface area contributed by atoms with Crippen molar-refractivity contribution < 1.29 is 19.6 Å². The normalized spacial score (nSPS) is 36.5. The van der Waals surface area contributed by atoms with Crippen LogP contribution >= 0.6 is 0 Å². The van der Waals surface area contributed by atoms with Crippen LogP contribution in [0, 0.1) is 23.7 Å². The van der Waals surface area contributed by atoms with Gasteiger partial charge in [0.25, 0.3) is 5.91 Å². The smallest absolute Gasteiger partial charge is 0.263 e. The van der Waals surface area contributed by atoms with Crippen LogP contribution in [0.3, 0.4) is 0 Å². The first kappa shape index (κ1) is 13.5. The average Bonchev–Trinajstić information content (AvgIpc) is 2.48. The lowest BCUT2D eigenvalue weighted by Gasteiger charge is -2.50. The first-order valence-corrected chi connectivity index (χ1v) is 7.41. The fourth-order valence-corrected chi connectivity index (χ4v) is 4.47. The Morgan fingerprint density at radius 3 is 2.15 bits per heavy atom. The zero-order chi connectivity index (χ0) is 14.3. The summed E-state index contributed by atoms with van der Waals surface area (Å²) < 4.78 is 0. The topological polar surface area (TPSA) is 86.7 Å². The van der Waals surface area contributed by atoms with E-state index in [9.17, 15) is 14.4 Å². The zero-order valence-corrected chi connectivity index (χ0v) is 11.4. The number of hydrogen-bond donors (Lipinski definition) is 2. The van der Waals surface area contributed by atoms with E-state index in [1.54, 1.807) is 0 Å². The van der Waals surface area contributed by atoms with E-state index in [2.05, 4.69) is 0 Å². The summed E-state index contributed by atoms with van der Waals surface area (Å²) in [7, 11) is 0. The van der Waals surface area contributed by atoms with E-state index >= 15 is 0 Å². The number of hydrogen-bond acceptors (Lipinski definition) is 4. The molecule has 0 aromatic rings. The molecular weight excluding hydrogens is 260 g/mol. The van der Waals surface area contributed by atoms with Gasteiger partial charge in [0.2, 0.25) is 11.8 Å². The Morgan fingerprint density at radius 1 is 1.10 bits per heavy atom. The van der Waals surface area contributed by atoms with E-state index in [1.165, 1.54) is 5.48 Å². The minimum Gasteiger partial charge on any atom is -0.289 e. The quantitative estimate of drug-likeness (QED) is 0.443. The molecule has 2 atom stereocenters. The van der Waals surface area contributed by atoms with Crippen LogP contribution in [0.15, 0.2) is 0 Å². The summed E-state index contributed by atoms with van der Waals surface area (Å²) in [6.07, 6.45) is 5.93. The van der Waals surface area contributed by atoms with E-state index in [0.717, 1.165) is 43.4 Å². The molecule has 6 nitrogen and oxygen atoms in total. The van der Waals surface area contributed by atoms with Crippen LogP contribution in [0.4, 0.5) is 0 Å². The van der Waals surface area contributed by atoms with E-state index < -0.39 is 5.91 Å². The van der Waals surface area contributed by atoms with Gasteiger partial charge >= 0.3 is 0 Å². The molecule has 2 saturated carbocycles. The molecule has 2 unspecified atom stereocenters. The molecule has 6 heteroatoms. The minimum absolute atomic E-state index is 0.108. The third-order valence-electron chi connectivity index (χ3n) is 5.25. The van der Waals surface area contributed by atoms with Crippen LogP contribution in [0.2, 0.25) is 0 Å². The van der Waals surface area contributed by atoms with Crippen molar-refractivity contribution in [2.45, 2.75) is 38.5 Å². The maximum Gasteiger partial charge on any atom is 0.263 e. The number of nitrogens with one attached hydrogen (secondary N) is 1. The second-order valence-corrected chi connectivity index (χ2v) is 6.21. The zero-order valence-electron chi connectivity index (χ0n) is 11.4. The van der Waals surface area contributed by atoms with Crippen LogP contribution < -0.4 is 5.48 Å². The largest absolute Gasteiger partial charge is 0.289 e. The Morgan fingerprint density at radius 2 is 1.65 bits per heavy atom. The van der Waals surface area contributed by atoms with Crippen LogP contribution in [-0.4, -0.2) is 34.4 Å². The summed E-state index contributed by atoms with van der Waals surface area (Å²) in [6.45, 7) is -0.363. The first-order chi connectivity index (χ1) is 9.63. The molecule has 110 valence electrons. The molecule has 3 fully saturated rings. The number of amides is 3. The number of hydroxylamine groups is 1. The molecule has 2 aliphatic carbocycles. The Bertz CT molecular complexity index is 420. The highest BCUT2D eigenvalue weighted by molar-refractivity contribution is 6.03. The Labute approximate surface area is 117 Å². The van der Waals surface area contributed by atoms with E-state index in [4.69, 9.17) is 5.21 Å². The van der Waals surface area contributed by atoms with Gasteiger partial charge in [-0.25, -0.2) is 5.48 Å². The number of carbonyl (C=O) groups excluding carboxylic acids is 3. The van der Waals surface area contributed by atoms with E-state index in [1.807, 2.05) is 0 Å². The number of imide groups is 1. The van der Waals surface area contributed by atoms with Crippen molar-refractivity contribution in [1.29, 1.82) is 0 Å². The maximum atomic E-state index is 12.5. The molecule has 1 heterocycles. The van der Waals surface area contributed by atoms with Crippen molar-refractivity contribution in [2.75, 3.05) is 6.54 Å². The van der Waals surface area contributed by atoms with Crippen LogP contribution in [0.5, 0.6) is 0 Å². The molecule has 20 heavy (non-hydrogen) atoms. The summed E-state index contributed by atoms with van der Waals surface area (Å²) in [5.74, 6) is -0.683. The van der Waals surface area contributed by atoms with Gasteiger partial charge in [-0.05, 0) is 24.7 Å². The third-order valence-corrected chi connectivity index (χ3v) is 5.25. The molecule has 2 N–H and O–H groups in total.